The number of hydrogen-bond acceptors (Lipinski definition) is 5. The van der Waals surface area contributed by atoms with Gasteiger partial charge in [0.15, 0.2) is 17.0 Å². The molecule has 4 aromatic heterocycles. The third-order valence-corrected chi connectivity index (χ3v) is 6.09. The maximum atomic E-state index is 13.7. The molecule has 1 N–H and O–H groups in total. The van der Waals surface area contributed by atoms with Gasteiger partial charge in [-0.15, -0.1) is 11.3 Å². The van der Waals surface area contributed by atoms with E-state index in [1.165, 1.54) is 17.4 Å². The summed E-state index contributed by atoms with van der Waals surface area (Å²) in [4.78, 5) is 18.5. The van der Waals surface area contributed by atoms with Gasteiger partial charge in [0.1, 0.15) is 0 Å². The van der Waals surface area contributed by atoms with Gasteiger partial charge in [-0.25, -0.2) is 9.50 Å². The zero-order valence-electron chi connectivity index (χ0n) is 17.5. The van der Waals surface area contributed by atoms with Gasteiger partial charge in [-0.05, 0) is 44.0 Å². The quantitative estimate of drug-likeness (QED) is 0.414. The largest absolute Gasteiger partial charge is 0.433 e. The van der Waals surface area contributed by atoms with Gasteiger partial charge >= 0.3 is 6.18 Å². The SMILES string of the molecule is CCc1ccc(-c2cc(C(F)(F)F)n3nc(C(=O)NCCCn4ccc(C)n4)cc3n2)s1. The fraction of sp³-hybridized carbons (Fsp3) is 0.333. The molecule has 32 heavy (non-hydrogen) atoms. The second-order valence-electron chi connectivity index (χ2n) is 7.27. The molecule has 0 radical (unpaired) electrons. The molecule has 0 fully saturated rings. The van der Waals surface area contributed by atoms with E-state index in [1.807, 2.05) is 32.2 Å². The number of amides is 1. The van der Waals surface area contributed by atoms with Gasteiger partial charge in [0.25, 0.3) is 5.91 Å². The average Bonchev–Trinajstić information content (AvgIpc) is 3.48. The van der Waals surface area contributed by atoms with E-state index in [0.717, 1.165) is 23.1 Å². The molecule has 0 aliphatic carbocycles. The molecule has 7 nitrogen and oxygen atoms in total. The Kier molecular flexibility index (Phi) is 6.00. The van der Waals surface area contributed by atoms with E-state index in [4.69, 9.17) is 0 Å². The van der Waals surface area contributed by atoms with E-state index in [-0.39, 0.29) is 17.0 Å². The molecule has 0 aromatic carbocycles. The Balaban J connectivity index is 1.55. The summed E-state index contributed by atoms with van der Waals surface area (Å²) in [7, 11) is 0. The van der Waals surface area contributed by atoms with E-state index in [0.29, 0.717) is 28.9 Å². The lowest BCUT2D eigenvalue weighted by atomic mass is 10.2. The molecular weight excluding hydrogens is 441 g/mol. The van der Waals surface area contributed by atoms with Crippen molar-refractivity contribution in [2.45, 2.75) is 39.4 Å². The number of carbonyl (C=O) groups is 1. The summed E-state index contributed by atoms with van der Waals surface area (Å²) in [5.74, 6) is -0.550. The summed E-state index contributed by atoms with van der Waals surface area (Å²) in [5.41, 5.74) is -0.0126. The molecule has 4 rings (SSSR count). The Labute approximate surface area is 185 Å². The van der Waals surface area contributed by atoms with Crippen molar-refractivity contribution in [2.75, 3.05) is 6.54 Å². The average molecular weight is 463 g/mol. The summed E-state index contributed by atoms with van der Waals surface area (Å²) in [6, 6.07) is 7.76. The standard InChI is InChI=1S/C21H21F3N6OS/c1-3-14-5-6-17(32-14)15-11-18(21(22,23)24)30-19(26-15)12-16(28-30)20(31)25-8-4-9-29-10-7-13(2)27-29/h5-7,10-12H,3-4,8-9H2,1-2H3,(H,25,31). The molecule has 11 heteroatoms. The summed E-state index contributed by atoms with van der Waals surface area (Å²) in [6.45, 7) is 4.82. The van der Waals surface area contributed by atoms with Crippen molar-refractivity contribution in [1.82, 2.24) is 29.7 Å². The number of thiophene rings is 1. The number of carbonyl (C=O) groups excluding carboxylic acids is 1. The van der Waals surface area contributed by atoms with Crippen LogP contribution in [0.5, 0.6) is 0 Å². The number of halogens is 3. The van der Waals surface area contributed by atoms with Crippen molar-refractivity contribution in [3.63, 3.8) is 0 Å². The smallest absolute Gasteiger partial charge is 0.351 e. The number of aromatic nitrogens is 5. The van der Waals surface area contributed by atoms with Crippen LogP contribution in [-0.2, 0) is 19.1 Å². The van der Waals surface area contributed by atoms with Crippen LogP contribution in [0.1, 0.15) is 40.1 Å². The van der Waals surface area contributed by atoms with Crippen LogP contribution in [0.15, 0.2) is 36.5 Å². The Morgan fingerprint density at radius 2 is 2.00 bits per heavy atom. The summed E-state index contributed by atoms with van der Waals surface area (Å²) >= 11 is 1.39. The van der Waals surface area contributed by atoms with Crippen molar-refractivity contribution >= 4 is 22.9 Å². The second kappa shape index (κ2) is 8.73. The van der Waals surface area contributed by atoms with Crippen LogP contribution in [-0.4, -0.2) is 36.8 Å². The number of fused-ring (bicyclic) bond motifs is 1. The highest BCUT2D eigenvalue weighted by Crippen LogP contribution is 2.34. The first-order chi connectivity index (χ1) is 15.2. The maximum Gasteiger partial charge on any atom is 0.433 e. The first-order valence-electron chi connectivity index (χ1n) is 10.1. The number of nitrogens with one attached hydrogen (secondary N) is 1. The van der Waals surface area contributed by atoms with E-state index < -0.39 is 17.8 Å². The highest BCUT2D eigenvalue weighted by Gasteiger charge is 2.35. The molecule has 4 heterocycles. The molecule has 0 aliphatic rings. The normalized spacial score (nSPS) is 11.9. The van der Waals surface area contributed by atoms with Gasteiger partial charge in [0.05, 0.1) is 16.3 Å². The predicted octanol–water partition coefficient (Wildman–Crippen LogP) is 4.36. The molecule has 0 bridgehead atoms. The minimum atomic E-state index is -4.65. The lowest BCUT2D eigenvalue weighted by Crippen LogP contribution is -2.26. The van der Waals surface area contributed by atoms with Gasteiger partial charge in [0, 0.05) is 30.2 Å². The third-order valence-electron chi connectivity index (χ3n) is 4.84. The molecule has 168 valence electrons. The minimum absolute atomic E-state index is 0.0292. The van der Waals surface area contributed by atoms with Gasteiger partial charge in [0.2, 0.25) is 0 Å². The van der Waals surface area contributed by atoms with Gasteiger partial charge < -0.3 is 5.32 Å². The zero-order chi connectivity index (χ0) is 22.9. The molecule has 0 aliphatic heterocycles. The van der Waals surface area contributed by atoms with Crippen LogP contribution in [0.3, 0.4) is 0 Å². The molecule has 0 unspecified atom stereocenters. The fourth-order valence-electron chi connectivity index (χ4n) is 3.24. The summed E-state index contributed by atoms with van der Waals surface area (Å²) in [5, 5.41) is 10.8. The van der Waals surface area contributed by atoms with Crippen LogP contribution < -0.4 is 5.32 Å². The van der Waals surface area contributed by atoms with Crippen molar-refractivity contribution in [2.24, 2.45) is 0 Å². The van der Waals surface area contributed by atoms with E-state index in [2.05, 4.69) is 20.5 Å². The van der Waals surface area contributed by atoms with Crippen LogP contribution >= 0.6 is 11.3 Å². The Hall–Kier alpha value is -3.21. The number of hydrogen-bond donors (Lipinski definition) is 1. The Morgan fingerprint density at radius 1 is 1.19 bits per heavy atom. The summed E-state index contributed by atoms with van der Waals surface area (Å²) < 4.78 is 43.6. The molecule has 0 spiro atoms. The first-order valence-corrected chi connectivity index (χ1v) is 10.9. The minimum Gasteiger partial charge on any atom is -0.351 e. The van der Waals surface area contributed by atoms with Crippen molar-refractivity contribution in [3.05, 3.63) is 58.5 Å². The van der Waals surface area contributed by atoms with Crippen molar-refractivity contribution in [3.8, 4) is 10.6 Å². The number of nitrogens with zero attached hydrogens (tertiary/aromatic N) is 5. The van der Waals surface area contributed by atoms with E-state index in [9.17, 15) is 18.0 Å². The number of aryl methyl sites for hydroxylation is 3. The maximum absolute atomic E-state index is 13.7. The lowest BCUT2D eigenvalue weighted by Gasteiger charge is -2.10. The molecule has 1 amide bonds. The predicted molar refractivity (Wildman–Crippen MR) is 115 cm³/mol. The number of rotatable bonds is 7. The lowest BCUT2D eigenvalue weighted by molar-refractivity contribution is -0.142. The topological polar surface area (TPSA) is 77.1 Å². The van der Waals surface area contributed by atoms with Gasteiger partial charge in [-0.2, -0.15) is 23.4 Å². The Morgan fingerprint density at radius 3 is 2.66 bits per heavy atom. The summed E-state index contributed by atoms with van der Waals surface area (Å²) in [6.07, 6.45) is -1.40. The van der Waals surface area contributed by atoms with Crippen LogP contribution in [0.4, 0.5) is 13.2 Å². The third kappa shape index (κ3) is 4.67. The van der Waals surface area contributed by atoms with Crippen LogP contribution in [0.2, 0.25) is 0 Å². The molecular formula is C21H21F3N6OS. The van der Waals surface area contributed by atoms with Gasteiger partial charge in [-0.1, -0.05) is 6.92 Å². The monoisotopic (exact) mass is 462 g/mol. The highest BCUT2D eigenvalue weighted by molar-refractivity contribution is 7.15. The molecule has 4 aromatic rings. The van der Waals surface area contributed by atoms with Gasteiger partial charge in [-0.3, -0.25) is 9.48 Å². The van der Waals surface area contributed by atoms with E-state index >= 15 is 0 Å². The molecule has 0 atom stereocenters. The molecule has 0 saturated carbocycles. The molecule has 0 saturated heterocycles. The second-order valence-corrected chi connectivity index (χ2v) is 8.44. The van der Waals surface area contributed by atoms with Crippen molar-refractivity contribution in [1.29, 1.82) is 0 Å². The van der Waals surface area contributed by atoms with E-state index in [1.54, 1.807) is 10.7 Å². The first kappa shape index (κ1) is 22.0. The zero-order valence-corrected chi connectivity index (χ0v) is 18.3. The Bertz CT molecular complexity index is 1260. The number of alkyl halides is 3. The highest BCUT2D eigenvalue weighted by atomic mass is 32.1. The van der Waals surface area contributed by atoms with Crippen molar-refractivity contribution < 1.29 is 18.0 Å². The van der Waals surface area contributed by atoms with Crippen LogP contribution in [0, 0.1) is 6.92 Å². The fourth-order valence-corrected chi connectivity index (χ4v) is 4.15. The van der Waals surface area contributed by atoms with Crippen LogP contribution in [0.25, 0.3) is 16.2 Å².